The molecular formula is C14H18O5S. The molecule has 0 aromatic heterocycles. The van der Waals surface area contributed by atoms with E-state index in [1.807, 2.05) is 19.1 Å². The summed E-state index contributed by atoms with van der Waals surface area (Å²) in [5.41, 5.74) is 0.0488. The summed E-state index contributed by atoms with van der Waals surface area (Å²) >= 11 is 0. The Kier molecular flexibility index (Phi) is 3.64. The van der Waals surface area contributed by atoms with Gasteiger partial charge in [0.05, 0.1) is 11.9 Å². The number of benzene rings is 1. The Labute approximate surface area is 118 Å². The quantitative estimate of drug-likeness (QED) is 0.844. The van der Waals surface area contributed by atoms with Crippen LogP contribution in [-0.4, -0.2) is 42.2 Å². The normalized spacial score (nSPS) is 29.1. The molecule has 1 aromatic carbocycles. The monoisotopic (exact) mass is 298 g/mol. The maximum Gasteiger partial charge on any atom is 0.314 e. The van der Waals surface area contributed by atoms with Gasteiger partial charge in [-0.3, -0.25) is 4.79 Å². The number of aliphatic hydroxyl groups is 1. The third-order valence-electron chi connectivity index (χ3n) is 4.14. The maximum atomic E-state index is 12.1. The van der Waals surface area contributed by atoms with E-state index in [1.54, 1.807) is 12.1 Å². The van der Waals surface area contributed by atoms with Crippen molar-refractivity contribution in [3.8, 4) is 0 Å². The lowest BCUT2D eigenvalue weighted by Crippen LogP contribution is -2.28. The van der Waals surface area contributed by atoms with Crippen LogP contribution in [0.4, 0.5) is 0 Å². The number of carboxylic acids is 1. The number of aliphatic hydroxyl groups excluding tert-OH is 1. The zero-order valence-corrected chi connectivity index (χ0v) is 12.2. The molecule has 0 heterocycles. The van der Waals surface area contributed by atoms with Gasteiger partial charge in [-0.2, -0.15) is 0 Å². The van der Waals surface area contributed by atoms with Gasteiger partial charge < -0.3 is 10.2 Å². The first kappa shape index (κ1) is 15.0. The van der Waals surface area contributed by atoms with Gasteiger partial charge in [0.25, 0.3) is 0 Å². The summed E-state index contributed by atoms with van der Waals surface area (Å²) in [6.07, 6.45) is 0. The van der Waals surface area contributed by atoms with Crippen LogP contribution in [0.1, 0.15) is 24.0 Å². The molecule has 1 aromatic rings. The van der Waals surface area contributed by atoms with E-state index in [-0.39, 0.29) is 5.75 Å². The van der Waals surface area contributed by atoms with Crippen molar-refractivity contribution in [2.45, 2.75) is 25.0 Å². The molecule has 6 heteroatoms. The molecule has 3 atom stereocenters. The van der Waals surface area contributed by atoms with Crippen LogP contribution in [0.25, 0.3) is 0 Å². The molecule has 110 valence electrons. The Bertz CT molecular complexity index is 619. The summed E-state index contributed by atoms with van der Waals surface area (Å²) < 4.78 is 24.2. The van der Waals surface area contributed by atoms with Crippen LogP contribution in [0.2, 0.25) is 0 Å². The number of carbonyl (C=O) groups is 1. The molecule has 0 aliphatic heterocycles. The predicted molar refractivity (Wildman–Crippen MR) is 74.3 cm³/mol. The lowest BCUT2D eigenvalue weighted by Gasteiger charge is -2.08. The number of carboxylic acid groups (broad SMARTS) is 1. The van der Waals surface area contributed by atoms with Gasteiger partial charge in [0, 0.05) is 11.7 Å². The first-order valence-corrected chi connectivity index (χ1v) is 8.15. The van der Waals surface area contributed by atoms with Gasteiger partial charge in [-0.15, -0.1) is 0 Å². The summed E-state index contributed by atoms with van der Waals surface area (Å²) in [5.74, 6) is -2.07. The molecule has 2 rings (SSSR count). The van der Waals surface area contributed by atoms with Crippen LogP contribution in [0.15, 0.2) is 24.3 Å². The molecule has 0 radical (unpaired) electrons. The fourth-order valence-electron chi connectivity index (χ4n) is 2.87. The minimum absolute atomic E-state index is 0.130. The summed E-state index contributed by atoms with van der Waals surface area (Å²) in [4.78, 5) is 11.5. The number of aryl methyl sites for hydroxylation is 1. The first-order valence-electron chi connectivity index (χ1n) is 6.43. The highest BCUT2D eigenvalue weighted by Gasteiger charge is 2.75. The van der Waals surface area contributed by atoms with Gasteiger partial charge in [0.1, 0.15) is 5.41 Å². The van der Waals surface area contributed by atoms with E-state index in [2.05, 4.69) is 0 Å². The molecule has 1 aliphatic rings. The number of aliphatic carboxylic acids is 1. The molecule has 0 spiro atoms. The smallest absolute Gasteiger partial charge is 0.314 e. The molecular weight excluding hydrogens is 280 g/mol. The third kappa shape index (κ3) is 2.03. The van der Waals surface area contributed by atoms with Crippen molar-refractivity contribution >= 4 is 15.8 Å². The minimum Gasteiger partial charge on any atom is -0.481 e. The van der Waals surface area contributed by atoms with Crippen molar-refractivity contribution in [1.82, 2.24) is 0 Å². The van der Waals surface area contributed by atoms with Gasteiger partial charge in [-0.05, 0) is 12.5 Å². The van der Waals surface area contributed by atoms with Crippen LogP contribution in [0.5, 0.6) is 0 Å². The fraction of sp³-hybridized carbons (Fsp3) is 0.500. The Hall–Kier alpha value is -1.40. The van der Waals surface area contributed by atoms with Crippen LogP contribution >= 0.6 is 0 Å². The molecule has 0 bridgehead atoms. The standard InChI is InChI=1S/C14H18O5S/c1-3-20(18,19)12-11(14(12,8-15)13(16)17)10-6-4-9(2)5-7-10/h4-7,11-12,15H,3,8H2,1-2H3,(H,16,17)/t11-,12-,14-/m1/s1. The number of rotatable bonds is 5. The molecule has 2 N–H and O–H groups in total. The van der Waals surface area contributed by atoms with Crippen LogP contribution in [-0.2, 0) is 14.6 Å². The summed E-state index contributed by atoms with van der Waals surface area (Å²) in [5, 5.41) is 17.8. The molecule has 1 aliphatic carbocycles. The Morgan fingerprint density at radius 3 is 2.25 bits per heavy atom. The fourth-order valence-corrected chi connectivity index (χ4v) is 4.93. The molecule has 0 amide bonds. The van der Waals surface area contributed by atoms with E-state index in [0.29, 0.717) is 5.56 Å². The lowest BCUT2D eigenvalue weighted by molar-refractivity contribution is -0.145. The van der Waals surface area contributed by atoms with Crippen molar-refractivity contribution in [1.29, 1.82) is 0 Å². The van der Waals surface area contributed by atoms with E-state index < -0.39 is 39.0 Å². The summed E-state index contributed by atoms with van der Waals surface area (Å²) in [6, 6.07) is 7.09. The topological polar surface area (TPSA) is 91.7 Å². The lowest BCUT2D eigenvalue weighted by atomic mass is 9.99. The third-order valence-corrected chi connectivity index (χ3v) is 6.41. The molecule has 0 saturated heterocycles. The van der Waals surface area contributed by atoms with E-state index in [9.17, 15) is 23.4 Å². The van der Waals surface area contributed by atoms with Gasteiger partial charge in [-0.25, -0.2) is 8.42 Å². The van der Waals surface area contributed by atoms with Crippen LogP contribution < -0.4 is 0 Å². The molecule has 5 nitrogen and oxygen atoms in total. The Morgan fingerprint density at radius 2 is 1.85 bits per heavy atom. The average Bonchev–Trinajstić information content (AvgIpc) is 3.11. The van der Waals surface area contributed by atoms with Crippen LogP contribution in [0.3, 0.4) is 0 Å². The van der Waals surface area contributed by atoms with Gasteiger partial charge in [0.2, 0.25) is 0 Å². The first-order chi connectivity index (χ1) is 9.31. The van der Waals surface area contributed by atoms with Crippen molar-refractivity contribution in [2.24, 2.45) is 5.41 Å². The van der Waals surface area contributed by atoms with Crippen molar-refractivity contribution < 1.29 is 23.4 Å². The van der Waals surface area contributed by atoms with Gasteiger partial charge in [0.15, 0.2) is 9.84 Å². The SMILES string of the molecule is CCS(=O)(=O)[C@@H]1[C@@H](c2ccc(C)cc2)[C@@]1(CO)C(=O)O. The number of hydrogen-bond donors (Lipinski definition) is 2. The zero-order valence-electron chi connectivity index (χ0n) is 11.4. The molecule has 1 fully saturated rings. The van der Waals surface area contributed by atoms with E-state index in [0.717, 1.165) is 5.56 Å². The van der Waals surface area contributed by atoms with Crippen LogP contribution in [0, 0.1) is 12.3 Å². The maximum absolute atomic E-state index is 12.1. The second kappa shape index (κ2) is 4.86. The van der Waals surface area contributed by atoms with E-state index in [4.69, 9.17) is 0 Å². The van der Waals surface area contributed by atoms with Gasteiger partial charge >= 0.3 is 5.97 Å². The highest BCUT2D eigenvalue weighted by atomic mass is 32.2. The minimum atomic E-state index is -3.54. The molecule has 20 heavy (non-hydrogen) atoms. The summed E-state index contributed by atoms with van der Waals surface area (Å²) in [7, 11) is -3.54. The van der Waals surface area contributed by atoms with Gasteiger partial charge in [-0.1, -0.05) is 36.8 Å². The number of hydrogen-bond acceptors (Lipinski definition) is 4. The second-order valence-electron chi connectivity index (χ2n) is 5.26. The molecule has 1 saturated carbocycles. The Balaban J connectivity index is 2.50. The number of sulfone groups is 1. The van der Waals surface area contributed by atoms with E-state index in [1.165, 1.54) is 6.92 Å². The largest absolute Gasteiger partial charge is 0.481 e. The highest BCUT2D eigenvalue weighted by Crippen LogP contribution is 2.63. The highest BCUT2D eigenvalue weighted by molar-refractivity contribution is 7.92. The molecule has 0 unspecified atom stereocenters. The predicted octanol–water partition coefficient (Wildman–Crippen LogP) is 0.959. The van der Waals surface area contributed by atoms with Crippen molar-refractivity contribution in [3.05, 3.63) is 35.4 Å². The summed E-state index contributed by atoms with van der Waals surface area (Å²) in [6.45, 7) is 2.71. The Morgan fingerprint density at radius 1 is 1.30 bits per heavy atom. The average molecular weight is 298 g/mol. The van der Waals surface area contributed by atoms with E-state index >= 15 is 0 Å². The second-order valence-corrected chi connectivity index (χ2v) is 7.68. The van der Waals surface area contributed by atoms with Crippen molar-refractivity contribution in [3.63, 3.8) is 0 Å². The zero-order chi connectivity index (χ0) is 15.1. The van der Waals surface area contributed by atoms with Crippen molar-refractivity contribution in [2.75, 3.05) is 12.4 Å².